The molecule has 0 aromatic heterocycles. The number of aliphatic carboxylic acids is 2. The van der Waals surface area contributed by atoms with Gasteiger partial charge in [-0.15, -0.1) is 0 Å². The van der Waals surface area contributed by atoms with Gasteiger partial charge in [-0.25, -0.2) is 18.0 Å². The number of hydrogen-bond acceptors (Lipinski definition) is 8. The van der Waals surface area contributed by atoms with Crippen molar-refractivity contribution in [2.45, 2.75) is 68.5 Å². The number of aryl methyl sites for hydroxylation is 1. The molecule has 1 aliphatic heterocycles. The molecule has 1 fully saturated rings. The van der Waals surface area contributed by atoms with Crippen LogP contribution in [0.4, 0.5) is 16.2 Å². The topological polar surface area (TPSA) is 232 Å². The lowest BCUT2D eigenvalue weighted by atomic mass is 10.1. The summed E-state index contributed by atoms with van der Waals surface area (Å²) >= 11 is 0. The zero-order valence-electron chi connectivity index (χ0n) is 29.9. The minimum Gasteiger partial charge on any atom is -0.481 e. The molecule has 0 unspecified atom stereocenters. The zero-order valence-corrected chi connectivity index (χ0v) is 30.7. The Morgan fingerprint density at radius 2 is 1.56 bits per heavy atom. The molecule has 0 aliphatic carbocycles. The van der Waals surface area contributed by atoms with Crippen LogP contribution >= 0.6 is 0 Å². The highest BCUT2D eigenvalue weighted by Gasteiger charge is 2.40. The summed E-state index contributed by atoms with van der Waals surface area (Å²) in [6.45, 7) is 1.69. The molecule has 1 aliphatic rings. The number of carboxylic acid groups (broad SMARTS) is 2. The number of likely N-dealkylation sites (N-methyl/N-ethyl adjacent to an activating group) is 1. The Morgan fingerprint density at radius 3 is 2.20 bits per heavy atom. The first-order chi connectivity index (χ1) is 25.7. The smallest absolute Gasteiger partial charge is 0.326 e. The van der Waals surface area contributed by atoms with Crippen LogP contribution in [0.3, 0.4) is 0 Å². The molecular weight excluding hydrogens is 721 g/mol. The molecule has 6 N–H and O–H groups in total. The van der Waals surface area contributed by atoms with Gasteiger partial charge < -0.3 is 36.4 Å². The summed E-state index contributed by atoms with van der Waals surface area (Å²) in [5, 5.41) is 29.5. The van der Waals surface area contributed by atoms with E-state index in [1.54, 1.807) is 54.6 Å². The molecule has 4 rings (SSSR count). The third-order valence-electron chi connectivity index (χ3n) is 8.96. The average molecular weight is 765 g/mol. The maximum absolute atomic E-state index is 13.3. The Hall–Kier alpha value is -5.81. The van der Waals surface area contributed by atoms with Gasteiger partial charge in [-0.1, -0.05) is 48.5 Å². The van der Waals surface area contributed by atoms with E-state index in [9.17, 15) is 47.4 Å². The lowest BCUT2D eigenvalue weighted by Crippen LogP contribution is -2.52. The predicted molar refractivity (Wildman–Crippen MR) is 198 cm³/mol. The molecule has 3 aromatic carbocycles. The summed E-state index contributed by atoms with van der Waals surface area (Å²) in [4.78, 5) is 76.7. The molecule has 288 valence electrons. The van der Waals surface area contributed by atoms with Gasteiger partial charge in [0, 0.05) is 37.9 Å². The molecular formula is C37H44N6O10S. The van der Waals surface area contributed by atoms with Crippen molar-refractivity contribution in [1.29, 1.82) is 0 Å². The molecule has 0 saturated carbocycles. The number of anilines is 2. The number of urea groups is 1. The number of carboxylic acids is 2. The second-order valence-electron chi connectivity index (χ2n) is 12.8. The quantitative estimate of drug-likeness (QED) is 0.118. The van der Waals surface area contributed by atoms with E-state index >= 15 is 0 Å². The number of carbonyl (C=O) groups excluding carboxylic acids is 4. The Morgan fingerprint density at radius 1 is 0.889 bits per heavy atom. The number of nitrogens with one attached hydrogen (secondary N) is 4. The lowest BCUT2D eigenvalue weighted by molar-refractivity contribution is -0.143. The summed E-state index contributed by atoms with van der Waals surface area (Å²) < 4.78 is 27.4. The van der Waals surface area contributed by atoms with Crippen molar-refractivity contribution < 1.29 is 47.4 Å². The van der Waals surface area contributed by atoms with Crippen molar-refractivity contribution in [2.75, 3.05) is 30.8 Å². The highest BCUT2D eigenvalue weighted by atomic mass is 32.2. The van der Waals surface area contributed by atoms with E-state index in [0.717, 1.165) is 14.8 Å². The molecule has 0 bridgehead atoms. The Labute approximate surface area is 313 Å². The van der Waals surface area contributed by atoms with E-state index in [0.29, 0.717) is 23.4 Å². The molecule has 0 radical (unpaired) electrons. The van der Waals surface area contributed by atoms with Gasteiger partial charge in [0.1, 0.15) is 18.1 Å². The van der Waals surface area contributed by atoms with Gasteiger partial charge in [-0.05, 0) is 74.1 Å². The summed E-state index contributed by atoms with van der Waals surface area (Å²) in [5.41, 5.74) is 2.57. The van der Waals surface area contributed by atoms with E-state index in [2.05, 4.69) is 21.3 Å². The first-order valence-electron chi connectivity index (χ1n) is 17.2. The van der Waals surface area contributed by atoms with Gasteiger partial charge >= 0.3 is 18.0 Å². The molecule has 17 heteroatoms. The minimum atomic E-state index is -4.01. The van der Waals surface area contributed by atoms with Gasteiger partial charge in [0.25, 0.3) is 0 Å². The second-order valence-corrected chi connectivity index (χ2v) is 14.7. The van der Waals surface area contributed by atoms with E-state index in [4.69, 9.17) is 0 Å². The fraction of sp³-hybridized carbons (Fsp3) is 0.351. The number of sulfonamides is 1. The van der Waals surface area contributed by atoms with Crippen LogP contribution in [0.2, 0.25) is 0 Å². The van der Waals surface area contributed by atoms with E-state index in [1.165, 1.54) is 19.2 Å². The molecule has 3 aromatic rings. The fourth-order valence-corrected chi connectivity index (χ4v) is 7.62. The van der Waals surface area contributed by atoms with Crippen LogP contribution in [-0.4, -0.2) is 102 Å². The highest BCUT2D eigenvalue weighted by molar-refractivity contribution is 7.89. The maximum Gasteiger partial charge on any atom is 0.326 e. The number of carbonyl (C=O) groups is 6. The third-order valence-corrected chi connectivity index (χ3v) is 10.9. The van der Waals surface area contributed by atoms with E-state index < -0.39 is 70.3 Å². The van der Waals surface area contributed by atoms with E-state index in [-0.39, 0.29) is 43.7 Å². The second kappa shape index (κ2) is 18.8. The molecule has 16 nitrogen and oxygen atoms in total. The highest BCUT2D eigenvalue weighted by Crippen LogP contribution is 2.26. The molecule has 5 amide bonds. The SMILES string of the molecule is Cc1ccccc1NC(=O)Nc1ccc(CC(=O)N(C)[C@@H](CCC(=O)O)C(=O)NCC[C@H](NC(=O)[C@@H]2CCCN2S(=O)(=O)c2ccccc2)C(=O)O)cc1. The monoisotopic (exact) mass is 764 g/mol. The van der Waals surface area contributed by atoms with Crippen molar-refractivity contribution in [2.24, 2.45) is 0 Å². The summed E-state index contributed by atoms with van der Waals surface area (Å²) in [6.07, 6.45) is -0.490. The van der Waals surface area contributed by atoms with Crippen LogP contribution in [0, 0.1) is 6.92 Å². The van der Waals surface area contributed by atoms with Crippen LogP contribution in [0.5, 0.6) is 0 Å². The van der Waals surface area contributed by atoms with Crippen LogP contribution in [0.25, 0.3) is 0 Å². The molecule has 1 heterocycles. The molecule has 54 heavy (non-hydrogen) atoms. The van der Waals surface area contributed by atoms with Crippen molar-refractivity contribution in [3.8, 4) is 0 Å². The largest absolute Gasteiger partial charge is 0.481 e. The standard InChI is InChI=1S/C37H44N6O10S/c1-24-9-6-7-12-28(24)41-37(51)39-26-16-14-25(15-17-26)23-32(44)42(2)30(18-19-33(45)46)34(47)38-21-20-29(36(49)50)40-35(48)31-13-8-22-43(31)54(52,53)27-10-4-3-5-11-27/h3-7,9-12,14-17,29-31H,8,13,18-23H2,1-2H3,(H,38,47)(H,40,48)(H,45,46)(H,49,50)(H2,39,41,51)/t29-,30-,31-/m0/s1. The number of hydrogen-bond donors (Lipinski definition) is 6. The maximum atomic E-state index is 13.3. The van der Waals surface area contributed by atoms with Crippen molar-refractivity contribution in [1.82, 2.24) is 19.8 Å². The lowest BCUT2D eigenvalue weighted by Gasteiger charge is -2.28. The van der Waals surface area contributed by atoms with Gasteiger partial charge in [-0.3, -0.25) is 19.2 Å². The minimum absolute atomic E-state index is 0.00830. The van der Waals surface area contributed by atoms with Crippen molar-refractivity contribution in [3.63, 3.8) is 0 Å². The molecule has 3 atom stereocenters. The van der Waals surface area contributed by atoms with E-state index in [1.807, 2.05) is 19.1 Å². The number of amides is 5. The number of benzene rings is 3. The number of para-hydroxylation sites is 1. The van der Waals surface area contributed by atoms with Crippen molar-refractivity contribution in [3.05, 3.63) is 90.0 Å². The zero-order chi connectivity index (χ0) is 39.4. The molecule has 1 saturated heterocycles. The normalized spacial score (nSPS) is 15.3. The summed E-state index contributed by atoms with van der Waals surface area (Å²) in [6, 6.07) is 17.1. The van der Waals surface area contributed by atoms with Crippen LogP contribution < -0.4 is 21.3 Å². The summed E-state index contributed by atoms with van der Waals surface area (Å²) in [5.74, 6) is -4.61. The Balaban J connectivity index is 1.32. The van der Waals surface area contributed by atoms with Crippen LogP contribution in [-0.2, 0) is 40.4 Å². The third kappa shape index (κ3) is 11.1. The van der Waals surface area contributed by atoms with Gasteiger partial charge in [0.2, 0.25) is 27.7 Å². The predicted octanol–water partition coefficient (Wildman–Crippen LogP) is 2.80. The van der Waals surface area contributed by atoms with Gasteiger partial charge in [0.15, 0.2) is 0 Å². The average Bonchev–Trinajstić information content (AvgIpc) is 3.65. The number of nitrogens with zero attached hydrogens (tertiary/aromatic N) is 2. The first kappa shape index (κ1) is 41.0. The fourth-order valence-electron chi connectivity index (χ4n) is 5.94. The Bertz CT molecular complexity index is 1940. The molecule has 0 spiro atoms. The van der Waals surface area contributed by atoms with Crippen molar-refractivity contribution >= 4 is 57.1 Å². The summed E-state index contributed by atoms with van der Waals surface area (Å²) in [7, 11) is -2.66. The van der Waals surface area contributed by atoms with Crippen LogP contribution in [0.1, 0.15) is 43.2 Å². The van der Waals surface area contributed by atoms with Gasteiger partial charge in [0.05, 0.1) is 11.3 Å². The van der Waals surface area contributed by atoms with Crippen LogP contribution in [0.15, 0.2) is 83.8 Å². The number of rotatable bonds is 17. The Kier molecular flexibility index (Phi) is 14.3. The first-order valence-corrected chi connectivity index (χ1v) is 18.7. The van der Waals surface area contributed by atoms with Gasteiger partial charge in [-0.2, -0.15) is 4.31 Å².